The zero-order chi connectivity index (χ0) is 10.9. The van der Waals surface area contributed by atoms with Gasteiger partial charge in [0.2, 0.25) is 0 Å². The second-order valence-electron chi connectivity index (χ2n) is 3.87. The summed E-state index contributed by atoms with van der Waals surface area (Å²) in [4.78, 5) is 1.72. The lowest BCUT2D eigenvalue weighted by Gasteiger charge is -2.20. The summed E-state index contributed by atoms with van der Waals surface area (Å²) in [6, 6.07) is 2.29. The van der Waals surface area contributed by atoms with Crippen LogP contribution in [0.25, 0.3) is 0 Å². The maximum atomic E-state index is 13.5. The molecule has 0 spiro atoms. The van der Waals surface area contributed by atoms with Gasteiger partial charge < -0.3 is 4.90 Å². The van der Waals surface area contributed by atoms with Crippen LogP contribution in [0.15, 0.2) is 12.1 Å². The van der Waals surface area contributed by atoms with E-state index in [1.807, 2.05) is 13.8 Å². The van der Waals surface area contributed by atoms with Crippen molar-refractivity contribution in [3.8, 4) is 0 Å². The van der Waals surface area contributed by atoms with Gasteiger partial charge in [-0.15, -0.1) is 0 Å². The van der Waals surface area contributed by atoms with Gasteiger partial charge in [0.05, 0.1) is 0 Å². The minimum Gasteiger partial charge on any atom is -0.377 e. The summed E-state index contributed by atoms with van der Waals surface area (Å²) in [6.45, 7) is 3.78. The zero-order valence-electron chi connectivity index (χ0n) is 8.94. The summed E-state index contributed by atoms with van der Waals surface area (Å²) in [6.07, 6.45) is 0. The number of benzene rings is 1. The molecule has 1 nitrogen and oxygen atoms in total. The predicted molar refractivity (Wildman–Crippen MR) is 54.8 cm³/mol. The summed E-state index contributed by atoms with van der Waals surface area (Å²) < 4.78 is 26.4. The molecule has 0 saturated heterocycles. The highest BCUT2D eigenvalue weighted by molar-refractivity contribution is 5.54. The van der Waals surface area contributed by atoms with E-state index in [0.29, 0.717) is 11.3 Å². The summed E-state index contributed by atoms with van der Waals surface area (Å²) in [7, 11) is 3.56. The van der Waals surface area contributed by atoms with E-state index in [1.165, 1.54) is 6.07 Å². The van der Waals surface area contributed by atoms with Crippen LogP contribution in [0.2, 0.25) is 0 Å². The Morgan fingerprint density at radius 1 is 1.14 bits per heavy atom. The van der Waals surface area contributed by atoms with Crippen molar-refractivity contribution >= 4 is 5.69 Å². The molecule has 0 unspecified atom stereocenters. The summed E-state index contributed by atoms with van der Waals surface area (Å²) in [5, 5.41) is 0. The van der Waals surface area contributed by atoms with Crippen molar-refractivity contribution in [2.75, 3.05) is 19.0 Å². The fourth-order valence-corrected chi connectivity index (χ4v) is 1.51. The van der Waals surface area contributed by atoms with E-state index in [-0.39, 0.29) is 5.92 Å². The van der Waals surface area contributed by atoms with E-state index in [4.69, 9.17) is 0 Å². The number of rotatable bonds is 2. The smallest absolute Gasteiger partial charge is 0.131 e. The van der Waals surface area contributed by atoms with Gasteiger partial charge in [0.1, 0.15) is 11.6 Å². The van der Waals surface area contributed by atoms with Crippen molar-refractivity contribution in [1.82, 2.24) is 0 Å². The highest BCUT2D eigenvalue weighted by atomic mass is 19.1. The molecule has 0 bridgehead atoms. The van der Waals surface area contributed by atoms with Crippen LogP contribution in [0.1, 0.15) is 25.3 Å². The van der Waals surface area contributed by atoms with Crippen LogP contribution in [0.4, 0.5) is 14.5 Å². The maximum absolute atomic E-state index is 13.5. The zero-order valence-corrected chi connectivity index (χ0v) is 8.94. The van der Waals surface area contributed by atoms with E-state index >= 15 is 0 Å². The summed E-state index contributed by atoms with van der Waals surface area (Å²) in [5.41, 5.74) is 1.17. The van der Waals surface area contributed by atoms with E-state index in [9.17, 15) is 8.78 Å². The van der Waals surface area contributed by atoms with Gasteiger partial charge in [-0.2, -0.15) is 0 Å². The molecular formula is C11H15F2N. The van der Waals surface area contributed by atoms with Gasteiger partial charge in [-0.3, -0.25) is 0 Å². The van der Waals surface area contributed by atoms with Gasteiger partial charge >= 0.3 is 0 Å². The first-order valence-corrected chi connectivity index (χ1v) is 4.59. The quantitative estimate of drug-likeness (QED) is 0.707. The topological polar surface area (TPSA) is 3.24 Å². The molecule has 0 aromatic heterocycles. The first-order valence-electron chi connectivity index (χ1n) is 4.59. The predicted octanol–water partition coefficient (Wildman–Crippen LogP) is 3.15. The molecule has 0 atom stereocenters. The van der Waals surface area contributed by atoms with E-state index < -0.39 is 11.6 Å². The Bertz CT molecular complexity index is 332. The standard InChI is InChI=1S/C11H15F2N/c1-7(2)11-9(13)5-8(12)6-10(11)14(3)4/h5-7H,1-4H3. The fourth-order valence-electron chi connectivity index (χ4n) is 1.51. The van der Waals surface area contributed by atoms with Gasteiger partial charge in [0.15, 0.2) is 0 Å². The molecule has 78 valence electrons. The molecule has 14 heavy (non-hydrogen) atoms. The molecule has 1 aromatic carbocycles. The molecular weight excluding hydrogens is 184 g/mol. The Labute approximate surface area is 83.3 Å². The molecule has 0 heterocycles. The molecule has 0 N–H and O–H groups in total. The lowest BCUT2D eigenvalue weighted by atomic mass is 10.00. The molecule has 0 amide bonds. The SMILES string of the molecule is CC(C)c1c(F)cc(F)cc1N(C)C. The number of hydrogen-bond donors (Lipinski definition) is 0. The first-order chi connectivity index (χ1) is 6.43. The molecule has 3 heteroatoms. The second-order valence-corrected chi connectivity index (χ2v) is 3.87. The minimum absolute atomic E-state index is 0.0491. The molecule has 1 rings (SSSR count). The Morgan fingerprint density at radius 2 is 1.71 bits per heavy atom. The summed E-state index contributed by atoms with van der Waals surface area (Å²) in [5.74, 6) is -0.952. The Morgan fingerprint density at radius 3 is 2.14 bits per heavy atom. The van der Waals surface area contributed by atoms with Crippen LogP contribution < -0.4 is 4.90 Å². The van der Waals surface area contributed by atoms with Crippen molar-refractivity contribution < 1.29 is 8.78 Å². The Hall–Kier alpha value is -1.12. The number of halogens is 2. The average Bonchev–Trinajstić information content (AvgIpc) is 2.01. The van der Waals surface area contributed by atoms with Crippen molar-refractivity contribution in [3.05, 3.63) is 29.3 Å². The van der Waals surface area contributed by atoms with Crippen LogP contribution in [0.3, 0.4) is 0 Å². The molecule has 0 aliphatic heterocycles. The Kier molecular flexibility index (Phi) is 3.09. The number of anilines is 1. The summed E-state index contributed by atoms with van der Waals surface area (Å²) >= 11 is 0. The van der Waals surface area contributed by atoms with Crippen LogP contribution in [-0.4, -0.2) is 14.1 Å². The highest BCUT2D eigenvalue weighted by Gasteiger charge is 2.15. The Balaban J connectivity index is 3.37. The van der Waals surface area contributed by atoms with Crippen LogP contribution >= 0.6 is 0 Å². The van der Waals surface area contributed by atoms with Crippen molar-refractivity contribution in [2.45, 2.75) is 19.8 Å². The van der Waals surface area contributed by atoms with Gasteiger partial charge in [-0.25, -0.2) is 8.78 Å². The number of nitrogens with zero attached hydrogens (tertiary/aromatic N) is 1. The van der Waals surface area contributed by atoms with E-state index in [1.54, 1.807) is 19.0 Å². The molecule has 0 radical (unpaired) electrons. The number of hydrogen-bond acceptors (Lipinski definition) is 1. The maximum Gasteiger partial charge on any atom is 0.131 e. The second kappa shape index (κ2) is 3.95. The third kappa shape index (κ3) is 2.03. The lowest BCUT2D eigenvalue weighted by molar-refractivity contribution is 0.565. The van der Waals surface area contributed by atoms with Crippen LogP contribution in [-0.2, 0) is 0 Å². The fraction of sp³-hybridized carbons (Fsp3) is 0.455. The van der Waals surface area contributed by atoms with Gasteiger partial charge in [0.25, 0.3) is 0 Å². The third-order valence-electron chi connectivity index (χ3n) is 2.13. The minimum atomic E-state index is -0.532. The molecule has 0 saturated carbocycles. The monoisotopic (exact) mass is 199 g/mol. The van der Waals surface area contributed by atoms with Crippen LogP contribution in [0, 0.1) is 11.6 Å². The normalized spacial score (nSPS) is 10.8. The largest absolute Gasteiger partial charge is 0.377 e. The van der Waals surface area contributed by atoms with Crippen molar-refractivity contribution in [1.29, 1.82) is 0 Å². The first kappa shape index (κ1) is 11.0. The van der Waals surface area contributed by atoms with Gasteiger partial charge in [-0.05, 0) is 12.0 Å². The molecule has 0 fully saturated rings. The van der Waals surface area contributed by atoms with Crippen LogP contribution in [0.5, 0.6) is 0 Å². The lowest BCUT2D eigenvalue weighted by Crippen LogP contribution is -2.13. The molecule has 1 aromatic rings. The van der Waals surface area contributed by atoms with Crippen molar-refractivity contribution in [3.63, 3.8) is 0 Å². The van der Waals surface area contributed by atoms with Gasteiger partial charge in [-0.1, -0.05) is 13.8 Å². The highest BCUT2D eigenvalue weighted by Crippen LogP contribution is 2.29. The average molecular weight is 199 g/mol. The third-order valence-corrected chi connectivity index (χ3v) is 2.13. The van der Waals surface area contributed by atoms with E-state index in [2.05, 4.69) is 0 Å². The molecule has 0 aliphatic carbocycles. The van der Waals surface area contributed by atoms with Gasteiger partial charge in [0, 0.05) is 31.4 Å². The molecule has 0 aliphatic rings. The van der Waals surface area contributed by atoms with E-state index in [0.717, 1.165) is 6.07 Å². The van der Waals surface area contributed by atoms with Crippen molar-refractivity contribution in [2.24, 2.45) is 0 Å².